The van der Waals surface area contributed by atoms with E-state index in [1.54, 1.807) is 0 Å². The molecule has 0 saturated carbocycles. The predicted octanol–water partition coefficient (Wildman–Crippen LogP) is 3.51. The quantitative estimate of drug-likeness (QED) is 0.707. The normalized spacial score (nSPS) is 23.5. The third-order valence-corrected chi connectivity index (χ3v) is 6.86. The maximum Gasteiger partial charge on any atom is 0.417 e. The largest absolute Gasteiger partial charge is 0.481 e. The molecule has 2 saturated heterocycles. The number of nitrogens with zero attached hydrogens (tertiary/aromatic N) is 4. The van der Waals surface area contributed by atoms with Gasteiger partial charge in [0.15, 0.2) is 5.65 Å². The van der Waals surface area contributed by atoms with Crippen LogP contribution < -0.4 is 0 Å². The summed E-state index contributed by atoms with van der Waals surface area (Å²) in [6.07, 6.45) is 2.05. The third-order valence-electron chi connectivity index (χ3n) is 6.86. The number of carboxylic acids is 1. The second-order valence-electron chi connectivity index (χ2n) is 8.90. The number of likely N-dealkylation sites (tertiary alicyclic amines) is 1. The molecule has 176 valence electrons. The maximum atomic E-state index is 12.9. The second kappa shape index (κ2) is 8.12. The molecule has 2 fully saturated rings. The minimum absolute atomic E-state index is 0.227. The second-order valence-corrected chi connectivity index (χ2v) is 8.90. The van der Waals surface area contributed by atoms with Gasteiger partial charge in [-0.2, -0.15) is 13.2 Å². The number of dihydropyridines is 1. The Labute approximate surface area is 187 Å². The number of carbonyl (C=O) groups is 1. The molecule has 8 nitrogen and oxygen atoms in total. The molecule has 3 aliphatic heterocycles. The highest BCUT2D eigenvalue weighted by Crippen LogP contribution is 2.37. The number of halogens is 3. The van der Waals surface area contributed by atoms with E-state index < -0.39 is 23.6 Å². The summed E-state index contributed by atoms with van der Waals surface area (Å²) < 4.78 is 44.8. The summed E-state index contributed by atoms with van der Waals surface area (Å²) in [5, 5.41) is 9.16. The fourth-order valence-corrected chi connectivity index (χ4v) is 4.76. The zero-order chi connectivity index (χ0) is 23.2. The van der Waals surface area contributed by atoms with Gasteiger partial charge in [0, 0.05) is 31.3 Å². The van der Waals surface area contributed by atoms with E-state index in [0.29, 0.717) is 25.2 Å². The Balaban J connectivity index is 1.20. The van der Waals surface area contributed by atoms with Crippen molar-refractivity contribution < 1.29 is 27.8 Å². The number of imidazole rings is 1. The number of fused-ring (bicyclic) bond motifs is 1. The SMILES string of the molecule is O=C(O)C1CCC2(CCN(C3=NCC(c4nc5ncc(C(F)(F)F)cc5[nH]4)=CC3)CC2)OC1. The van der Waals surface area contributed by atoms with E-state index in [1.807, 2.05) is 6.08 Å². The van der Waals surface area contributed by atoms with Crippen LogP contribution in [0.4, 0.5) is 13.2 Å². The lowest BCUT2D eigenvalue weighted by Gasteiger charge is -2.46. The minimum Gasteiger partial charge on any atom is -0.481 e. The molecule has 3 aliphatic rings. The summed E-state index contributed by atoms with van der Waals surface area (Å²) in [5.41, 5.74) is 0.275. The summed E-state index contributed by atoms with van der Waals surface area (Å²) in [6, 6.07) is 1.02. The van der Waals surface area contributed by atoms with Crippen LogP contribution >= 0.6 is 0 Å². The van der Waals surface area contributed by atoms with Crippen LogP contribution in [0.2, 0.25) is 0 Å². The Hall–Kier alpha value is -2.95. The molecule has 11 heteroatoms. The number of aliphatic imine (C=N–C) groups is 1. The smallest absolute Gasteiger partial charge is 0.417 e. The molecular formula is C22H24F3N5O3. The van der Waals surface area contributed by atoms with Gasteiger partial charge in [-0.25, -0.2) is 9.97 Å². The first-order valence-corrected chi connectivity index (χ1v) is 11.0. The molecule has 0 aliphatic carbocycles. The van der Waals surface area contributed by atoms with Crippen LogP contribution in [0.1, 0.15) is 43.5 Å². The third kappa shape index (κ3) is 4.33. The number of hydrogen-bond donors (Lipinski definition) is 2. The summed E-state index contributed by atoms with van der Waals surface area (Å²) in [6.45, 7) is 2.27. The summed E-state index contributed by atoms with van der Waals surface area (Å²) >= 11 is 0. The van der Waals surface area contributed by atoms with Crippen LogP contribution in [0, 0.1) is 5.92 Å². The van der Waals surface area contributed by atoms with Crippen LogP contribution in [0.5, 0.6) is 0 Å². The molecule has 33 heavy (non-hydrogen) atoms. The van der Waals surface area contributed by atoms with Gasteiger partial charge in [0.05, 0.1) is 35.8 Å². The molecule has 1 spiro atoms. The number of nitrogens with one attached hydrogen (secondary N) is 1. The first-order chi connectivity index (χ1) is 15.7. The highest BCUT2D eigenvalue weighted by molar-refractivity contribution is 5.89. The lowest BCUT2D eigenvalue weighted by atomic mass is 9.81. The van der Waals surface area contributed by atoms with Crippen molar-refractivity contribution in [2.45, 2.75) is 43.9 Å². The molecule has 0 bridgehead atoms. The Morgan fingerprint density at radius 1 is 1.27 bits per heavy atom. The molecule has 5 rings (SSSR count). The standard InChI is InChI=1S/C22H24F3N5O3/c23-22(24,25)15-9-16-19(27-11-15)29-18(28-16)13-1-2-17(26-10-13)30-7-5-21(6-8-30)4-3-14(12-33-21)20(31)32/h1,9,11,14H,2-8,10,12H2,(H,31,32)(H,27,28,29). The average molecular weight is 463 g/mol. The van der Waals surface area contributed by atoms with Crippen molar-refractivity contribution in [2.24, 2.45) is 10.9 Å². The van der Waals surface area contributed by atoms with Crippen LogP contribution in [-0.4, -0.2) is 68.6 Å². The van der Waals surface area contributed by atoms with Crippen molar-refractivity contribution in [1.29, 1.82) is 0 Å². The van der Waals surface area contributed by atoms with Gasteiger partial charge in [0.1, 0.15) is 11.7 Å². The minimum atomic E-state index is -4.45. The van der Waals surface area contributed by atoms with Gasteiger partial charge in [-0.3, -0.25) is 9.79 Å². The Bertz CT molecular complexity index is 1120. The lowest BCUT2D eigenvalue weighted by Crippen LogP contribution is -2.51. The monoisotopic (exact) mass is 463 g/mol. The zero-order valence-electron chi connectivity index (χ0n) is 17.9. The van der Waals surface area contributed by atoms with E-state index in [2.05, 4.69) is 19.9 Å². The van der Waals surface area contributed by atoms with E-state index in [1.165, 1.54) is 0 Å². The van der Waals surface area contributed by atoms with Crippen molar-refractivity contribution in [3.63, 3.8) is 0 Å². The first-order valence-electron chi connectivity index (χ1n) is 11.0. The molecule has 1 unspecified atom stereocenters. The number of ether oxygens (including phenoxy) is 1. The number of piperidine rings is 1. The molecule has 5 heterocycles. The van der Waals surface area contributed by atoms with Gasteiger partial charge < -0.3 is 19.7 Å². The van der Waals surface area contributed by atoms with Crippen LogP contribution in [0.3, 0.4) is 0 Å². The van der Waals surface area contributed by atoms with E-state index in [-0.39, 0.29) is 23.4 Å². The number of aromatic nitrogens is 3. The molecule has 1 atom stereocenters. The number of aromatic amines is 1. The van der Waals surface area contributed by atoms with Crippen molar-refractivity contribution in [3.8, 4) is 0 Å². The number of aliphatic carboxylic acids is 1. The van der Waals surface area contributed by atoms with E-state index >= 15 is 0 Å². The van der Waals surface area contributed by atoms with Crippen molar-refractivity contribution in [3.05, 3.63) is 29.7 Å². The first kappa shape index (κ1) is 21.9. The van der Waals surface area contributed by atoms with Gasteiger partial charge in [-0.05, 0) is 31.7 Å². The van der Waals surface area contributed by atoms with Gasteiger partial charge in [-0.1, -0.05) is 6.08 Å². The Morgan fingerprint density at radius 3 is 2.67 bits per heavy atom. The van der Waals surface area contributed by atoms with Crippen LogP contribution in [0.15, 0.2) is 23.3 Å². The summed E-state index contributed by atoms with van der Waals surface area (Å²) in [7, 11) is 0. The molecule has 2 aromatic rings. The van der Waals surface area contributed by atoms with E-state index in [9.17, 15) is 18.0 Å². The van der Waals surface area contributed by atoms with Crippen LogP contribution in [-0.2, 0) is 15.7 Å². The number of amidine groups is 1. The number of alkyl halides is 3. The maximum absolute atomic E-state index is 12.9. The van der Waals surface area contributed by atoms with Gasteiger partial charge in [0.25, 0.3) is 0 Å². The Kier molecular flexibility index (Phi) is 5.38. The van der Waals surface area contributed by atoms with Gasteiger partial charge in [0.2, 0.25) is 0 Å². The fourth-order valence-electron chi connectivity index (χ4n) is 4.76. The number of H-pyrrole nitrogens is 1. The zero-order valence-corrected chi connectivity index (χ0v) is 17.9. The molecule has 2 N–H and O–H groups in total. The van der Waals surface area contributed by atoms with Crippen LogP contribution in [0.25, 0.3) is 16.7 Å². The summed E-state index contributed by atoms with van der Waals surface area (Å²) in [5.74, 6) is 0.262. The highest BCUT2D eigenvalue weighted by atomic mass is 19.4. The molecular weight excluding hydrogens is 439 g/mol. The van der Waals surface area contributed by atoms with E-state index in [4.69, 9.17) is 14.8 Å². The van der Waals surface area contributed by atoms with Gasteiger partial charge in [-0.15, -0.1) is 0 Å². The summed E-state index contributed by atoms with van der Waals surface area (Å²) in [4.78, 5) is 29.2. The van der Waals surface area contributed by atoms with Crippen molar-refractivity contribution in [2.75, 3.05) is 26.2 Å². The van der Waals surface area contributed by atoms with Gasteiger partial charge >= 0.3 is 12.1 Å². The fraction of sp³-hybridized carbons (Fsp3) is 0.545. The van der Waals surface area contributed by atoms with E-state index in [0.717, 1.165) is 56.0 Å². The average Bonchev–Trinajstić information content (AvgIpc) is 3.23. The molecule has 0 aromatic carbocycles. The molecule has 0 radical (unpaired) electrons. The van der Waals surface area contributed by atoms with Crippen molar-refractivity contribution >= 4 is 28.5 Å². The molecule has 2 aromatic heterocycles. The predicted molar refractivity (Wildman–Crippen MR) is 114 cm³/mol. The number of rotatable bonds is 2. The molecule has 0 amide bonds. The topological polar surface area (TPSA) is 104 Å². The highest BCUT2D eigenvalue weighted by Gasteiger charge is 2.41. The number of pyridine rings is 1. The number of hydrogen-bond acceptors (Lipinski definition) is 6. The number of carboxylic acid groups (broad SMARTS) is 1. The van der Waals surface area contributed by atoms with Crippen molar-refractivity contribution in [1.82, 2.24) is 19.9 Å². The lowest BCUT2D eigenvalue weighted by molar-refractivity contribution is -0.160. The Morgan fingerprint density at radius 2 is 2.06 bits per heavy atom.